The van der Waals surface area contributed by atoms with Crippen molar-refractivity contribution in [1.82, 2.24) is 5.32 Å². The van der Waals surface area contributed by atoms with E-state index >= 15 is 0 Å². The number of ether oxygens (including phenoxy) is 2. The second kappa shape index (κ2) is 8.26. The fraction of sp³-hybridized carbons (Fsp3) is 0.409. The maximum atomic E-state index is 12.2. The molecule has 0 aliphatic carbocycles. The Morgan fingerprint density at radius 3 is 2.88 bits per heavy atom. The average Bonchev–Trinajstić information content (AvgIpc) is 2.64. The Morgan fingerprint density at radius 1 is 1.27 bits per heavy atom. The summed E-state index contributed by atoms with van der Waals surface area (Å²) in [5, 5.41) is 2.97. The molecule has 4 nitrogen and oxygen atoms in total. The number of para-hydroxylation sites is 1. The van der Waals surface area contributed by atoms with Crippen molar-refractivity contribution >= 4 is 5.91 Å². The first-order chi connectivity index (χ1) is 12.5. The van der Waals surface area contributed by atoms with Gasteiger partial charge in [0.25, 0.3) is 5.91 Å². The van der Waals surface area contributed by atoms with Crippen molar-refractivity contribution in [3.63, 3.8) is 0 Å². The molecule has 0 saturated carbocycles. The summed E-state index contributed by atoms with van der Waals surface area (Å²) in [6.07, 6.45) is 0.923. The van der Waals surface area contributed by atoms with Crippen LogP contribution in [0.4, 0.5) is 0 Å². The number of nitrogens with one attached hydrogen (secondary N) is 1. The number of carbonyl (C=O) groups is 1. The zero-order valence-corrected chi connectivity index (χ0v) is 15.7. The molecule has 3 rings (SSSR count). The molecular weight excluding hydrogens is 326 g/mol. The van der Waals surface area contributed by atoms with E-state index in [-0.39, 0.29) is 12.5 Å². The Hall–Kier alpha value is -2.49. The van der Waals surface area contributed by atoms with Gasteiger partial charge in [0.15, 0.2) is 6.61 Å². The van der Waals surface area contributed by atoms with E-state index in [1.807, 2.05) is 31.2 Å². The largest absolute Gasteiger partial charge is 0.493 e. The first kappa shape index (κ1) is 18.3. The van der Waals surface area contributed by atoms with Crippen molar-refractivity contribution in [1.29, 1.82) is 0 Å². The van der Waals surface area contributed by atoms with Crippen molar-refractivity contribution in [3.8, 4) is 11.5 Å². The van der Waals surface area contributed by atoms with Gasteiger partial charge in [0.05, 0.1) is 6.61 Å². The van der Waals surface area contributed by atoms with Crippen LogP contribution in [0.25, 0.3) is 0 Å². The number of rotatable bonds is 6. The highest BCUT2D eigenvalue weighted by Crippen LogP contribution is 2.28. The van der Waals surface area contributed by atoms with Crippen LogP contribution in [-0.2, 0) is 11.2 Å². The fourth-order valence-corrected chi connectivity index (χ4v) is 3.22. The van der Waals surface area contributed by atoms with Crippen molar-refractivity contribution in [2.75, 3.05) is 19.8 Å². The van der Waals surface area contributed by atoms with Crippen molar-refractivity contribution < 1.29 is 14.3 Å². The summed E-state index contributed by atoms with van der Waals surface area (Å²) in [6.45, 7) is 7.54. The van der Waals surface area contributed by atoms with Gasteiger partial charge in [-0.3, -0.25) is 4.79 Å². The van der Waals surface area contributed by atoms with Gasteiger partial charge in [-0.05, 0) is 48.1 Å². The second-order valence-electron chi connectivity index (χ2n) is 7.28. The highest BCUT2D eigenvalue weighted by molar-refractivity contribution is 5.77. The van der Waals surface area contributed by atoms with Gasteiger partial charge in [0.1, 0.15) is 11.5 Å². The third-order valence-electron chi connectivity index (χ3n) is 4.69. The Labute approximate surface area is 155 Å². The van der Waals surface area contributed by atoms with Crippen molar-refractivity contribution in [2.45, 2.75) is 33.1 Å². The summed E-state index contributed by atoms with van der Waals surface area (Å²) in [4.78, 5) is 12.2. The molecule has 2 aromatic carbocycles. The molecule has 0 spiro atoms. The normalized spacial score (nSPS) is 15.9. The van der Waals surface area contributed by atoms with E-state index in [1.165, 1.54) is 5.56 Å². The highest BCUT2D eigenvalue weighted by atomic mass is 16.5. The lowest BCUT2D eigenvalue weighted by Gasteiger charge is -2.25. The van der Waals surface area contributed by atoms with Crippen LogP contribution in [0.5, 0.6) is 11.5 Å². The topological polar surface area (TPSA) is 47.6 Å². The van der Waals surface area contributed by atoms with Crippen LogP contribution in [0.2, 0.25) is 0 Å². The summed E-state index contributed by atoms with van der Waals surface area (Å²) in [7, 11) is 0. The maximum absolute atomic E-state index is 12.2. The Kier molecular flexibility index (Phi) is 5.82. The van der Waals surface area contributed by atoms with Crippen LogP contribution in [0, 0.1) is 12.8 Å². The third kappa shape index (κ3) is 4.57. The van der Waals surface area contributed by atoms with E-state index in [4.69, 9.17) is 9.47 Å². The van der Waals surface area contributed by atoms with Gasteiger partial charge in [0, 0.05) is 12.5 Å². The molecule has 0 aromatic heterocycles. The Morgan fingerprint density at radius 2 is 2.08 bits per heavy atom. The van der Waals surface area contributed by atoms with Crippen LogP contribution in [0.1, 0.15) is 36.5 Å². The number of hydrogen-bond donors (Lipinski definition) is 1. The number of benzene rings is 2. The number of carbonyl (C=O) groups excluding carboxylic acids is 1. The quantitative estimate of drug-likeness (QED) is 0.858. The van der Waals surface area contributed by atoms with E-state index in [2.05, 4.69) is 37.4 Å². The molecule has 4 heteroatoms. The predicted molar refractivity (Wildman–Crippen MR) is 103 cm³/mol. The standard InChI is InChI=1S/C22H27NO3/c1-15(2)19-9-8-16(3)10-21(19)26-14-22(24)23-12-17-11-18-6-4-5-7-20(18)25-13-17/h4-10,15,17H,11-14H2,1-3H3,(H,23,24). The third-order valence-corrected chi connectivity index (χ3v) is 4.69. The SMILES string of the molecule is Cc1ccc(C(C)C)c(OCC(=O)NCC2COc3ccccc3C2)c1. The van der Waals surface area contributed by atoms with E-state index in [1.54, 1.807) is 0 Å². The van der Waals surface area contributed by atoms with E-state index in [0.29, 0.717) is 25.0 Å². The van der Waals surface area contributed by atoms with Crippen LogP contribution in [-0.4, -0.2) is 25.7 Å². The fourth-order valence-electron chi connectivity index (χ4n) is 3.22. The molecule has 138 valence electrons. The zero-order chi connectivity index (χ0) is 18.5. The number of aryl methyl sites for hydroxylation is 1. The molecule has 1 atom stereocenters. The molecule has 1 amide bonds. The molecule has 0 bridgehead atoms. The van der Waals surface area contributed by atoms with Gasteiger partial charge in [-0.1, -0.05) is 44.2 Å². The summed E-state index contributed by atoms with van der Waals surface area (Å²) in [5.41, 5.74) is 3.46. The molecule has 0 saturated heterocycles. The highest BCUT2D eigenvalue weighted by Gasteiger charge is 2.20. The van der Waals surface area contributed by atoms with Gasteiger partial charge in [-0.15, -0.1) is 0 Å². The average molecular weight is 353 g/mol. The second-order valence-corrected chi connectivity index (χ2v) is 7.28. The van der Waals surface area contributed by atoms with Crippen LogP contribution in [0.3, 0.4) is 0 Å². The van der Waals surface area contributed by atoms with Gasteiger partial charge < -0.3 is 14.8 Å². The minimum atomic E-state index is -0.0972. The lowest BCUT2D eigenvalue weighted by atomic mass is 9.97. The molecule has 1 N–H and O–H groups in total. The van der Waals surface area contributed by atoms with E-state index in [9.17, 15) is 4.79 Å². The lowest BCUT2D eigenvalue weighted by Crippen LogP contribution is -2.37. The lowest BCUT2D eigenvalue weighted by molar-refractivity contribution is -0.123. The molecular formula is C22H27NO3. The van der Waals surface area contributed by atoms with Crippen LogP contribution < -0.4 is 14.8 Å². The van der Waals surface area contributed by atoms with Gasteiger partial charge >= 0.3 is 0 Å². The molecule has 2 aromatic rings. The van der Waals surface area contributed by atoms with E-state index < -0.39 is 0 Å². The summed E-state index contributed by atoms with van der Waals surface area (Å²) in [6, 6.07) is 14.2. The molecule has 26 heavy (non-hydrogen) atoms. The smallest absolute Gasteiger partial charge is 0.257 e. The Balaban J connectivity index is 1.49. The van der Waals surface area contributed by atoms with Crippen molar-refractivity contribution in [3.05, 3.63) is 59.2 Å². The minimum absolute atomic E-state index is 0.0351. The van der Waals surface area contributed by atoms with Gasteiger partial charge in [-0.2, -0.15) is 0 Å². The van der Waals surface area contributed by atoms with Crippen LogP contribution in [0.15, 0.2) is 42.5 Å². The number of hydrogen-bond acceptors (Lipinski definition) is 3. The van der Waals surface area contributed by atoms with Crippen molar-refractivity contribution in [2.24, 2.45) is 5.92 Å². The van der Waals surface area contributed by atoms with Gasteiger partial charge in [0.2, 0.25) is 0 Å². The summed E-state index contributed by atoms with van der Waals surface area (Å²) < 4.78 is 11.6. The van der Waals surface area contributed by atoms with Crippen LogP contribution >= 0.6 is 0 Å². The zero-order valence-electron chi connectivity index (χ0n) is 15.7. The monoisotopic (exact) mass is 353 g/mol. The molecule has 0 radical (unpaired) electrons. The van der Waals surface area contributed by atoms with E-state index in [0.717, 1.165) is 29.0 Å². The molecule has 1 aliphatic rings. The summed E-state index contributed by atoms with van der Waals surface area (Å²) in [5.74, 6) is 2.30. The number of amides is 1. The maximum Gasteiger partial charge on any atom is 0.257 e. The number of fused-ring (bicyclic) bond motifs is 1. The van der Waals surface area contributed by atoms with Gasteiger partial charge in [-0.25, -0.2) is 0 Å². The molecule has 1 heterocycles. The molecule has 1 aliphatic heterocycles. The molecule has 0 fully saturated rings. The predicted octanol–water partition coefficient (Wildman–Crippen LogP) is 3.86. The first-order valence-corrected chi connectivity index (χ1v) is 9.23. The minimum Gasteiger partial charge on any atom is -0.493 e. The first-order valence-electron chi connectivity index (χ1n) is 9.23. The molecule has 1 unspecified atom stereocenters. The summed E-state index contributed by atoms with van der Waals surface area (Å²) >= 11 is 0. The Bertz CT molecular complexity index is 770.